The van der Waals surface area contributed by atoms with Gasteiger partial charge in [0.05, 0.1) is 95.1 Å². The van der Waals surface area contributed by atoms with Gasteiger partial charge in [0.15, 0.2) is 0 Å². The highest BCUT2D eigenvalue weighted by Gasteiger charge is 2.25. The van der Waals surface area contributed by atoms with E-state index in [2.05, 4.69) is 166 Å². The van der Waals surface area contributed by atoms with Crippen LogP contribution in [0.5, 0.6) is 0 Å². The first-order valence-electron chi connectivity index (χ1n) is 40.5. The highest BCUT2D eigenvalue weighted by atomic mass is 17.2. The Hall–Kier alpha value is -0.640. The summed E-state index contributed by atoms with van der Waals surface area (Å²) in [5.41, 5.74) is 0. The second kappa shape index (κ2) is 61.5. The van der Waals surface area contributed by atoms with Gasteiger partial charge in [-0.1, -0.05) is 218 Å². The molecule has 0 saturated carbocycles. The van der Waals surface area contributed by atoms with Gasteiger partial charge in [-0.25, -0.2) is 68.4 Å². The van der Waals surface area contributed by atoms with Gasteiger partial charge in [0.1, 0.15) is 0 Å². The van der Waals surface area contributed by atoms with E-state index >= 15 is 0 Å². The van der Waals surface area contributed by atoms with Crippen molar-refractivity contribution in [3.63, 3.8) is 0 Å². The first-order valence-corrected chi connectivity index (χ1v) is 40.5. The molecule has 0 aliphatic carbocycles. The molecule has 0 aromatic carbocycles. The predicted molar refractivity (Wildman–Crippen MR) is 401 cm³/mol. The van der Waals surface area contributed by atoms with E-state index in [-0.39, 0.29) is 42.7 Å². The zero-order valence-electron chi connectivity index (χ0n) is 69.0. The summed E-state index contributed by atoms with van der Waals surface area (Å²) in [7, 11) is 3.59. The summed E-state index contributed by atoms with van der Waals surface area (Å²) in [6.45, 7) is 58.2. The van der Waals surface area contributed by atoms with Crippen LogP contribution in [0.15, 0.2) is 0 Å². The van der Waals surface area contributed by atoms with Gasteiger partial charge < -0.3 is 9.47 Å². The van der Waals surface area contributed by atoms with Crippen molar-refractivity contribution < 1.29 is 77.9 Å². The molecule has 0 rings (SSSR count). The fraction of sp³-hybridized carbons (Fsp3) is 1.00. The highest BCUT2D eigenvalue weighted by molar-refractivity contribution is 4.71. The van der Waals surface area contributed by atoms with Crippen LogP contribution in [0.4, 0.5) is 0 Å². The van der Waals surface area contributed by atoms with Crippen molar-refractivity contribution in [1.29, 1.82) is 0 Å². The van der Waals surface area contributed by atoms with Gasteiger partial charge in [0, 0.05) is 20.8 Å². The maximum absolute atomic E-state index is 6.07. The third-order valence-electron chi connectivity index (χ3n) is 20.0. The average Bonchev–Trinajstić information content (AvgIpc) is 1.58. The normalized spacial score (nSPS) is 17.7. The molecule has 0 N–H and O–H groups in total. The number of rotatable bonds is 71. The van der Waals surface area contributed by atoms with E-state index in [4.69, 9.17) is 77.9 Å². The van der Waals surface area contributed by atoms with E-state index in [1.165, 1.54) is 0 Å². The number of hydrogen-bond acceptors (Lipinski definition) is 16. The second-order valence-electron chi connectivity index (χ2n) is 33.9. The molecular formula is C82H166O16. The smallest absolute Gasteiger partial charge is 0.0952 e. The quantitative estimate of drug-likeness (QED) is 0.0420. The van der Waals surface area contributed by atoms with Gasteiger partial charge in [-0.15, -0.1) is 0 Å². The van der Waals surface area contributed by atoms with Crippen LogP contribution in [-0.4, -0.2) is 116 Å². The largest absolute Gasteiger partial charge is 0.384 e. The summed E-state index contributed by atoms with van der Waals surface area (Å²) in [5, 5.41) is 0. The first kappa shape index (κ1) is 97.4. The molecule has 0 bridgehead atoms. The molecule has 0 fully saturated rings. The molecular weight excluding hydrogens is 1240 g/mol. The Kier molecular flexibility index (Phi) is 61.1. The fourth-order valence-corrected chi connectivity index (χ4v) is 12.2. The Morgan fingerprint density at radius 3 is 0.418 bits per heavy atom. The van der Waals surface area contributed by atoms with E-state index in [9.17, 15) is 0 Å². The number of hydrogen-bond donors (Lipinski definition) is 0. The Labute approximate surface area is 606 Å². The Morgan fingerprint density at radius 1 is 0.163 bits per heavy atom. The lowest BCUT2D eigenvalue weighted by molar-refractivity contribution is -0.341. The van der Waals surface area contributed by atoms with Crippen LogP contribution in [0.25, 0.3) is 0 Å². The van der Waals surface area contributed by atoms with E-state index in [0.29, 0.717) is 147 Å². The molecule has 16 atom stereocenters. The molecule has 0 aromatic heterocycles. The van der Waals surface area contributed by atoms with Crippen molar-refractivity contribution >= 4 is 0 Å². The van der Waals surface area contributed by atoms with Crippen LogP contribution in [0.3, 0.4) is 0 Å². The topological polar surface area (TPSA) is 148 Å². The van der Waals surface area contributed by atoms with Crippen molar-refractivity contribution in [2.45, 2.75) is 369 Å². The summed E-state index contributed by atoms with van der Waals surface area (Å²) < 4.78 is 10.9. The van der Waals surface area contributed by atoms with Gasteiger partial charge in [-0.3, -0.25) is 0 Å². The Bertz CT molecular complexity index is 1700. The lowest BCUT2D eigenvalue weighted by Gasteiger charge is -2.24. The summed E-state index contributed by atoms with van der Waals surface area (Å²) in [5.74, 6) is 6.44. The molecule has 0 amide bonds. The second-order valence-corrected chi connectivity index (χ2v) is 33.9. The maximum Gasteiger partial charge on any atom is 0.0952 e. The number of ether oxygens (including phenoxy) is 2. The molecule has 16 unspecified atom stereocenters. The standard InChI is InChI=1S/C82H166O16/c1-59(2)75(84-26)43-27-36-68(18)52-85-93-77(61(5)6)45-29-38-70(20)54-87-95-79(63(9)10)47-31-40-72(22)56-89-97-81(65(13)14)49-33-42-74(24)58-91-98-82(66(15)16)50-34-41-73(23)57-90-96-80(64(11)12)48-32-39-71(21)55-88-94-78(62(7)8)46-30-37-69(19)53-86-92-76(60(3)4)44-28-35-67(17)51-83-25/h59-82H,27-58H2,1-26H3. The molecule has 590 valence electrons. The fourth-order valence-electron chi connectivity index (χ4n) is 12.2. The lowest BCUT2D eigenvalue weighted by Crippen LogP contribution is -2.24. The molecule has 0 spiro atoms. The zero-order valence-corrected chi connectivity index (χ0v) is 69.0. The minimum atomic E-state index is 0.0433. The SMILES string of the molecule is COCC(C)CCCC(OOCC(C)CCCC(OOCC(C)CCCC(OOCC(C)CCCC(OOCC(C)CCCC(OOCC(C)CCCC(OOCC(C)CCCC(OOCC(C)CCCC(OC)C(C)C)C(C)C)C(C)C)C(C)C)C(C)C)C(C)C)C(C)C)C(C)C. The van der Waals surface area contributed by atoms with Crippen molar-refractivity contribution in [2.24, 2.45) is 94.7 Å². The minimum absolute atomic E-state index is 0.0433. The molecule has 16 nitrogen and oxygen atoms in total. The van der Waals surface area contributed by atoms with E-state index in [1.54, 1.807) is 7.11 Å². The van der Waals surface area contributed by atoms with Crippen molar-refractivity contribution in [3.05, 3.63) is 0 Å². The Balaban J connectivity index is 4.46. The van der Waals surface area contributed by atoms with E-state index in [0.717, 1.165) is 161 Å². The van der Waals surface area contributed by atoms with Crippen molar-refractivity contribution in [1.82, 2.24) is 0 Å². The molecule has 16 heteroatoms. The van der Waals surface area contributed by atoms with Crippen LogP contribution in [-0.2, 0) is 77.9 Å². The molecule has 0 aromatic rings. The minimum Gasteiger partial charge on any atom is -0.384 e. The molecule has 0 aliphatic rings. The molecule has 0 heterocycles. The molecule has 0 saturated heterocycles. The average molecular weight is 1410 g/mol. The van der Waals surface area contributed by atoms with Crippen molar-refractivity contribution in [3.8, 4) is 0 Å². The zero-order chi connectivity index (χ0) is 73.8. The third kappa shape index (κ3) is 53.2. The van der Waals surface area contributed by atoms with Gasteiger partial charge in [0.2, 0.25) is 0 Å². The van der Waals surface area contributed by atoms with Gasteiger partial charge in [-0.05, 0) is 197 Å². The van der Waals surface area contributed by atoms with Crippen LogP contribution >= 0.6 is 0 Å². The summed E-state index contributed by atoms with van der Waals surface area (Å²) in [6.07, 6.45) is 25.6. The van der Waals surface area contributed by atoms with Crippen LogP contribution in [0.2, 0.25) is 0 Å². The molecule has 98 heavy (non-hydrogen) atoms. The van der Waals surface area contributed by atoms with Crippen molar-refractivity contribution in [2.75, 3.05) is 67.1 Å². The summed E-state index contributed by atoms with van der Waals surface area (Å²) in [4.78, 5) is 83.2. The summed E-state index contributed by atoms with van der Waals surface area (Å²) in [6, 6.07) is 0. The van der Waals surface area contributed by atoms with Crippen LogP contribution < -0.4 is 0 Å². The van der Waals surface area contributed by atoms with E-state index < -0.39 is 0 Å². The van der Waals surface area contributed by atoms with E-state index in [1.807, 2.05) is 7.11 Å². The van der Waals surface area contributed by atoms with Gasteiger partial charge in [0.25, 0.3) is 0 Å². The third-order valence-corrected chi connectivity index (χ3v) is 20.0. The molecule has 0 radical (unpaired) electrons. The monoisotopic (exact) mass is 1410 g/mol. The van der Waals surface area contributed by atoms with Gasteiger partial charge >= 0.3 is 0 Å². The van der Waals surface area contributed by atoms with Gasteiger partial charge in [-0.2, -0.15) is 0 Å². The van der Waals surface area contributed by atoms with Crippen LogP contribution in [0.1, 0.15) is 320 Å². The first-order chi connectivity index (χ1) is 46.5. The predicted octanol–water partition coefficient (Wildman–Crippen LogP) is 22.6. The summed E-state index contributed by atoms with van der Waals surface area (Å²) >= 11 is 0. The lowest BCUT2D eigenvalue weighted by atomic mass is 9.97. The number of methoxy groups -OCH3 is 2. The maximum atomic E-state index is 6.07. The highest BCUT2D eigenvalue weighted by Crippen LogP contribution is 2.27. The Morgan fingerprint density at radius 2 is 0.296 bits per heavy atom. The molecule has 0 aliphatic heterocycles. The van der Waals surface area contributed by atoms with Crippen LogP contribution in [0, 0.1) is 94.7 Å².